The van der Waals surface area contributed by atoms with E-state index in [-0.39, 0.29) is 10.6 Å². The molecular formula is C14H14N2O4S. The van der Waals surface area contributed by atoms with Gasteiger partial charge in [-0.3, -0.25) is 0 Å². The van der Waals surface area contributed by atoms with Gasteiger partial charge < -0.3 is 10.4 Å². The van der Waals surface area contributed by atoms with E-state index in [1.165, 1.54) is 18.3 Å². The molecule has 110 valence electrons. The fraction of sp³-hybridized carbons (Fsp3) is 0.143. The van der Waals surface area contributed by atoms with E-state index < -0.39 is 15.8 Å². The highest BCUT2D eigenvalue weighted by molar-refractivity contribution is 7.90. The molecule has 0 unspecified atom stereocenters. The first kappa shape index (κ1) is 15.0. The molecule has 0 atom stereocenters. The first-order chi connectivity index (χ1) is 9.88. The Morgan fingerprint density at radius 2 is 1.90 bits per heavy atom. The molecule has 1 aromatic carbocycles. The lowest BCUT2D eigenvalue weighted by atomic mass is 10.2. The average Bonchev–Trinajstić information content (AvgIpc) is 2.45. The lowest BCUT2D eigenvalue weighted by Crippen LogP contribution is -2.08. The van der Waals surface area contributed by atoms with Gasteiger partial charge in [-0.2, -0.15) is 0 Å². The number of nitrogens with one attached hydrogen (secondary N) is 1. The Balaban J connectivity index is 2.12. The minimum absolute atomic E-state index is 0.0507. The topological polar surface area (TPSA) is 96.4 Å². The van der Waals surface area contributed by atoms with E-state index in [4.69, 9.17) is 5.11 Å². The van der Waals surface area contributed by atoms with Crippen LogP contribution in [0.3, 0.4) is 0 Å². The van der Waals surface area contributed by atoms with Crippen molar-refractivity contribution in [3.63, 3.8) is 0 Å². The summed E-state index contributed by atoms with van der Waals surface area (Å²) < 4.78 is 22.7. The zero-order valence-corrected chi connectivity index (χ0v) is 12.1. The molecule has 0 fully saturated rings. The number of aromatic nitrogens is 1. The maximum atomic E-state index is 11.4. The number of anilines is 1. The van der Waals surface area contributed by atoms with Crippen molar-refractivity contribution in [2.24, 2.45) is 0 Å². The van der Waals surface area contributed by atoms with Crippen molar-refractivity contribution < 1.29 is 18.3 Å². The quantitative estimate of drug-likeness (QED) is 0.874. The molecule has 0 saturated heterocycles. The SMILES string of the molecule is CS(=O)(=O)c1ccc(CNc2cccnc2C(=O)O)cc1. The van der Waals surface area contributed by atoms with Gasteiger partial charge in [0.05, 0.1) is 10.6 Å². The third kappa shape index (κ3) is 3.79. The van der Waals surface area contributed by atoms with Crippen LogP contribution in [0.1, 0.15) is 16.1 Å². The Labute approximate surface area is 122 Å². The van der Waals surface area contributed by atoms with Gasteiger partial charge in [-0.25, -0.2) is 18.2 Å². The largest absolute Gasteiger partial charge is 0.476 e. The van der Waals surface area contributed by atoms with Gasteiger partial charge in [-0.15, -0.1) is 0 Å². The summed E-state index contributed by atoms with van der Waals surface area (Å²) in [5.74, 6) is -1.11. The van der Waals surface area contributed by atoms with E-state index in [2.05, 4.69) is 10.3 Å². The number of pyridine rings is 1. The monoisotopic (exact) mass is 306 g/mol. The number of carboxylic acid groups (broad SMARTS) is 1. The molecule has 6 nitrogen and oxygen atoms in total. The highest BCUT2D eigenvalue weighted by Crippen LogP contribution is 2.15. The summed E-state index contributed by atoms with van der Waals surface area (Å²) in [5.41, 5.74) is 1.20. The lowest BCUT2D eigenvalue weighted by molar-refractivity contribution is 0.0691. The van der Waals surface area contributed by atoms with Crippen molar-refractivity contribution in [1.29, 1.82) is 0 Å². The summed E-state index contributed by atoms with van der Waals surface area (Å²) in [6.07, 6.45) is 2.56. The number of sulfone groups is 1. The second-order valence-corrected chi connectivity index (χ2v) is 6.49. The number of carboxylic acids is 1. The molecule has 0 radical (unpaired) electrons. The van der Waals surface area contributed by atoms with E-state index in [1.54, 1.807) is 24.3 Å². The van der Waals surface area contributed by atoms with Crippen LogP contribution >= 0.6 is 0 Å². The Morgan fingerprint density at radius 3 is 2.48 bits per heavy atom. The van der Waals surface area contributed by atoms with Crippen molar-refractivity contribution in [2.75, 3.05) is 11.6 Å². The minimum Gasteiger partial charge on any atom is -0.476 e. The van der Waals surface area contributed by atoms with Gasteiger partial charge in [-0.05, 0) is 29.8 Å². The van der Waals surface area contributed by atoms with E-state index in [0.29, 0.717) is 12.2 Å². The molecular weight excluding hydrogens is 292 g/mol. The summed E-state index contributed by atoms with van der Waals surface area (Å²) in [6, 6.07) is 9.67. The smallest absolute Gasteiger partial charge is 0.356 e. The standard InChI is InChI=1S/C14H14N2O4S/c1-21(19,20)11-6-4-10(5-7-11)9-16-12-3-2-8-15-13(12)14(17)18/h2-8,16H,9H2,1H3,(H,17,18). The normalized spacial score (nSPS) is 11.1. The predicted octanol–water partition coefficient (Wildman–Crippen LogP) is 1.80. The zero-order chi connectivity index (χ0) is 15.5. The van der Waals surface area contributed by atoms with Crippen LogP contribution < -0.4 is 5.32 Å². The van der Waals surface area contributed by atoms with Gasteiger partial charge in [0.15, 0.2) is 15.5 Å². The zero-order valence-electron chi connectivity index (χ0n) is 11.3. The first-order valence-electron chi connectivity index (χ1n) is 6.09. The van der Waals surface area contributed by atoms with Crippen LogP contribution in [0.15, 0.2) is 47.5 Å². The molecule has 0 aliphatic rings. The van der Waals surface area contributed by atoms with Crippen molar-refractivity contribution in [1.82, 2.24) is 4.98 Å². The number of carbonyl (C=O) groups is 1. The number of aromatic carboxylic acids is 1. The average molecular weight is 306 g/mol. The van der Waals surface area contributed by atoms with Gasteiger partial charge in [0.1, 0.15) is 0 Å². The van der Waals surface area contributed by atoms with Crippen LogP contribution in [0.5, 0.6) is 0 Å². The maximum Gasteiger partial charge on any atom is 0.356 e. The van der Waals surface area contributed by atoms with Crippen LogP contribution in [0.2, 0.25) is 0 Å². The first-order valence-corrected chi connectivity index (χ1v) is 7.98. The van der Waals surface area contributed by atoms with Gasteiger partial charge in [0.2, 0.25) is 0 Å². The maximum absolute atomic E-state index is 11.4. The third-order valence-corrected chi connectivity index (χ3v) is 3.97. The fourth-order valence-corrected chi connectivity index (χ4v) is 2.40. The van der Waals surface area contributed by atoms with Crippen LogP contribution in [-0.4, -0.2) is 30.7 Å². The highest BCUT2D eigenvalue weighted by Gasteiger charge is 2.11. The fourth-order valence-electron chi connectivity index (χ4n) is 1.77. The van der Waals surface area contributed by atoms with Gasteiger partial charge in [0.25, 0.3) is 0 Å². The molecule has 21 heavy (non-hydrogen) atoms. The number of rotatable bonds is 5. The van der Waals surface area contributed by atoms with Crippen LogP contribution in [-0.2, 0) is 16.4 Å². The minimum atomic E-state index is -3.21. The van der Waals surface area contributed by atoms with Gasteiger partial charge in [0, 0.05) is 19.0 Å². The molecule has 1 aromatic heterocycles. The Bertz CT molecular complexity index is 755. The van der Waals surface area contributed by atoms with E-state index in [1.807, 2.05) is 0 Å². The second kappa shape index (κ2) is 5.92. The van der Waals surface area contributed by atoms with Crippen LogP contribution in [0, 0.1) is 0 Å². The summed E-state index contributed by atoms with van der Waals surface area (Å²) in [7, 11) is -3.21. The molecule has 0 spiro atoms. The molecule has 0 aliphatic heterocycles. The van der Waals surface area contributed by atoms with Crippen LogP contribution in [0.4, 0.5) is 5.69 Å². The third-order valence-electron chi connectivity index (χ3n) is 2.84. The van der Waals surface area contributed by atoms with E-state index in [0.717, 1.165) is 11.8 Å². The van der Waals surface area contributed by atoms with Crippen molar-refractivity contribution in [3.05, 3.63) is 53.9 Å². The second-order valence-electron chi connectivity index (χ2n) is 4.47. The van der Waals surface area contributed by atoms with E-state index >= 15 is 0 Å². The molecule has 2 rings (SSSR count). The Kier molecular flexibility index (Phi) is 4.23. The summed E-state index contributed by atoms with van der Waals surface area (Å²) in [6.45, 7) is 0.371. The molecule has 2 N–H and O–H groups in total. The molecule has 0 aliphatic carbocycles. The number of hydrogen-bond donors (Lipinski definition) is 2. The molecule has 2 aromatic rings. The van der Waals surface area contributed by atoms with Crippen LogP contribution in [0.25, 0.3) is 0 Å². The number of nitrogens with zero attached hydrogens (tertiary/aromatic N) is 1. The van der Waals surface area contributed by atoms with Crippen molar-refractivity contribution in [2.45, 2.75) is 11.4 Å². The van der Waals surface area contributed by atoms with Crippen molar-refractivity contribution >= 4 is 21.5 Å². The Hall–Kier alpha value is -2.41. The molecule has 0 amide bonds. The summed E-state index contributed by atoms with van der Waals surface area (Å²) in [4.78, 5) is 15.1. The summed E-state index contributed by atoms with van der Waals surface area (Å²) >= 11 is 0. The molecule has 0 bridgehead atoms. The molecule has 7 heteroatoms. The molecule has 1 heterocycles. The van der Waals surface area contributed by atoms with Gasteiger partial charge >= 0.3 is 5.97 Å². The van der Waals surface area contributed by atoms with E-state index in [9.17, 15) is 13.2 Å². The Morgan fingerprint density at radius 1 is 1.24 bits per heavy atom. The lowest BCUT2D eigenvalue weighted by Gasteiger charge is -2.09. The number of benzene rings is 1. The highest BCUT2D eigenvalue weighted by atomic mass is 32.2. The number of hydrogen-bond acceptors (Lipinski definition) is 5. The summed E-state index contributed by atoms with van der Waals surface area (Å²) in [5, 5.41) is 12.0. The molecule has 0 saturated carbocycles. The predicted molar refractivity (Wildman–Crippen MR) is 78.1 cm³/mol. The van der Waals surface area contributed by atoms with Gasteiger partial charge in [-0.1, -0.05) is 12.1 Å². The van der Waals surface area contributed by atoms with Crippen molar-refractivity contribution in [3.8, 4) is 0 Å².